The summed E-state index contributed by atoms with van der Waals surface area (Å²) in [6, 6.07) is 15.3. The number of phenols is 1. The lowest BCUT2D eigenvalue weighted by molar-refractivity contribution is 0.464. The molecule has 0 fully saturated rings. The van der Waals surface area contributed by atoms with Gasteiger partial charge in [-0.3, -0.25) is 0 Å². The van der Waals surface area contributed by atoms with Crippen LogP contribution >= 0.6 is 0 Å². The van der Waals surface area contributed by atoms with Gasteiger partial charge < -0.3 is 5.11 Å². The predicted octanol–water partition coefficient (Wildman–Crippen LogP) is 3.58. The van der Waals surface area contributed by atoms with Crippen molar-refractivity contribution in [1.82, 2.24) is 0 Å². The van der Waals surface area contributed by atoms with Crippen LogP contribution < -0.4 is 0 Å². The quantitative estimate of drug-likeness (QED) is 0.783. The van der Waals surface area contributed by atoms with Crippen LogP contribution in [0.1, 0.15) is 34.6 Å². The second-order valence-electron chi connectivity index (χ2n) is 4.76. The number of aromatic hydroxyl groups is 1. The fraction of sp³-hybridized carbons (Fsp3) is 0.250. The van der Waals surface area contributed by atoms with Gasteiger partial charge in [0.15, 0.2) is 0 Å². The van der Waals surface area contributed by atoms with Crippen LogP contribution in [0.15, 0.2) is 36.4 Å². The van der Waals surface area contributed by atoms with Gasteiger partial charge in [-0.2, -0.15) is 0 Å². The van der Waals surface area contributed by atoms with Crippen LogP contribution in [-0.4, -0.2) is 5.11 Å². The molecule has 0 heterocycles. The lowest BCUT2D eigenvalue weighted by Gasteiger charge is -2.13. The monoisotopic (exact) mass is 223 g/mol. The molecule has 85 valence electrons. The van der Waals surface area contributed by atoms with Gasteiger partial charge in [-0.15, -0.1) is 0 Å². The van der Waals surface area contributed by atoms with Crippen molar-refractivity contribution >= 4 is 0 Å². The van der Waals surface area contributed by atoms with Gasteiger partial charge in [0.25, 0.3) is 0 Å². The van der Waals surface area contributed by atoms with E-state index in [4.69, 9.17) is 0 Å². The fourth-order valence-corrected chi connectivity index (χ4v) is 2.74. The largest absolute Gasteiger partial charge is 0.508 e. The van der Waals surface area contributed by atoms with Gasteiger partial charge >= 0.3 is 0 Å². The van der Waals surface area contributed by atoms with Gasteiger partial charge in [0.2, 0.25) is 0 Å². The first-order valence-electron chi connectivity index (χ1n) is 6.04. The highest BCUT2D eigenvalue weighted by molar-refractivity contribution is 5.47. The predicted molar refractivity (Wildman–Crippen MR) is 68.3 cm³/mol. The zero-order valence-electron chi connectivity index (χ0n) is 9.90. The second kappa shape index (κ2) is 3.92. The first-order valence-corrected chi connectivity index (χ1v) is 6.04. The molecule has 0 spiro atoms. The molecule has 0 bridgehead atoms. The van der Waals surface area contributed by atoms with E-state index < -0.39 is 0 Å². The van der Waals surface area contributed by atoms with Crippen LogP contribution in [0.2, 0.25) is 0 Å². The Morgan fingerprint density at radius 1 is 1.29 bits per heavy atom. The molecule has 1 atom stereocenters. The Morgan fingerprint density at radius 3 is 3.00 bits per heavy atom. The lowest BCUT2D eigenvalue weighted by atomic mass is 9.91. The first kappa shape index (κ1) is 10.4. The Kier molecular flexibility index (Phi) is 2.40. The summed E-state index contributed by atoms with van der Waals surface area (Å²) < 4.78 is 0. The van der Waals surface area contributed by atoms with Gasteiger partial charge in [-0.05, 0) is 43.0 Å². The average Bonchev–Trinajstić information content (AvgIpc) is 2.72. The van der Waals surface area contributed by atoms with Gasteiger partial charge in [0.1, 0.15) is 5.75 Å². The molecule has 0 aromatic heterocycles. The summed E-state index contributed by atoms with van der Waals surface area (Å²) in [5.74, 6) is 0.679. The molecular weight excluding hydrogens is 208 g/mol. The first-order chi connectivity index (χ1) is 8.25. The van der Waals surface area contributed by atoms with E-state index in [-0.39, 0.29) is 0 Å². The number of hydrogen-bond donors (Lipinski definition) is 1. The zero-order valence-corrected chi connectivity index (χ0v) is 9.90. The van der Waals surface area contributed by atoms with Crippen molar-refractivity contribution in [2.75, 3.05) is 0 Å². The van der Waals surface area contributed by atoms with Crippen molar-refractivity contribution in [2.45, 2.75) is 25.7 Å². The number of rotatable bonds is 1. The Hall–Kier alpha value is -1.76. The summed E-state index contributed by atoms with van der Waals surface area (Å²) in [5.41, 5.74) is 5.00. The third-order valence-electron chi connectivity index (χ3n) is 3.59. The second-order valence-corrected chi connectivity index (χ2v) is 4.76. The van der Waals surface area contributed by atoms with Crippen LogP contribution in [0.5, 0.6) is 5.75 Å². The normalized spacial score (nSPS) is 18.1. The average molecular weight is 223 g/mol. The third-order valence-corrected chi connectivity index (χ3v) is 3.59. The maximum atomic E-state index is 9.93. The van der Waals surface area contributed by atoms with Crippen LogP contribution in [0, 0.1) is 13.0 Å². The summed E-state index contributed by atoms with van der Waals surface area (Å²) in [5, 5.41) is 9.93. The molecule has 1 N–H and O–H groups in total. The zero-order chi connectivity index (χ0) is 11.8. The summed E-state index contributed by atoms with van der Waals surface area (Å²) in [6.45, 7) is 2.12. The van der Waals surface area contributed by atoms with E-state index in [1.54, 1.807) is 6.07 Å². The molecule has 1 aliphatic carbocycles. The molecule has 3 rings (SSSR count). The Bertz CT molecular complexity index is 557. The number of hydrogen-bond acceptors (Lipinski definition) is 1. The smallest absolute Gasteiger partial charge is 0.120 e. The van der Waals surface area contributed by atoms with Crippen molar-refractivity contribution in [3.63, 3.8) is 0 Å². The van der Waals surface area contributed by atoms with Gasteiger partial charge in [-0.1, -0.05) is 35.9 Å². The maximum absolute atomic E-state index is 9.93. The van der Waals surface area contributed by atoms with E-state index in [0.717, 1.165) is 18.4 Å². The van der Waals surface area contributed by atoms with E-state index in [1.807, 2.05) is 12.1 Å². The molecule has 17 heavy (non-hydrogen) atoms. The molecule has 2 aromatic rings. The summed E-state index contributed by atoms with van der Waals surface area (Å²) in [6.07, 6.45) is 2.18. The SMILES string of the molecule is Cc1ccc2c(c1)C(c1[c]cccc1O)CC2. The Balaban J connectivity index is 2.10. The van der Waals surface area contributed by atoms with Gasteiger partial charge in [-0.25, -0.2) is 0 Å². The Morgan fingerprint density at radius 2 is 2.18 bits per heavy atom. The standard InChI is InChI=1S/C16H15O/c1-11-6-7-12-8-9-13(15(12)10-11)14-4-2-3-5-16(14)17/h2-3,5-7,10,13,17H,8-9H2,1H3. The summed E-state index contributed by atoms with van der Waals surface area (Å²) >= 11 is 0. The highest BCUT2D eigenvalue weighted by atomic mass is 16.3. The molecule has 1 heteroatoms. The minimum absolute atomic E-state index is 0.311. The molecule has 1 aliphatic rings. The number of phenolic OH excluding ortho intramolecular Hbond substituents is 1. The number of benzene rings is 2. The number of fused-ring (bicyclic) bond motifs is 1. The van der Waals surface area contributed by atoms with Crippen LogP contribution in [0.4, 0.5) is 0 Å². The van der Waals surface area contributed by atoms with Crippen LogP contribution in [0.25, 0.3) is 0 Å². The molecule has 1 unspecified atom stereocenters. The van der Waals surface area contributed by atoms with Crippen LogP contribution in [-0.2, 0) is 6.42 Å². The molecule has 0 amide bonds. The molecule has 1 nitrogen and oxygen atoms in total. The van der Waals surface area contributed by atoms with Crippen molar-refractivity contribution in [1.29, 1.82) is 0 Å². The molecule has 0 saturated heterocycles. The van der Waals surface area contributed by atoms with Crippen molar-refractivity contribution in [2.24, 2.45) is 0 Å². The Labute approximate surface area is 102 Å². The van der Waals surface area contributed by atoms with E-state index in [2.05, 4.69) is 31.2 Å². The van der Waals surface area contributed by atoms with E-state index >= 15 is 0 Å². The maximum Gasteiger partial charge on any atom is 0.120 e. The molecule has 2 aromatic carbocycles. The molecule has 1 radical (unpaired) electrons. The minimum Gasteiger partial charge on any atom is -0.508 e. The minimum atomic E-state index is 0.311. The van der Waals surface area contributed by atoms with Gasteiger partial charge in [0.05, 0.1) is 0 Å². The van der Waals surface area contributed by atoms with Crippen molar-refractivity contribution < 1.29 is 5.11 Å². The topological polar surface area (TPSA) is 20.2 Å². The van der Waals surface area contributed by atoms with Crippen molar-refractivity contribution in [3.05, 3.63) is 64.7 Å². The van der Waals surface area contributed by atoms with E-state index in [0.29, 0.717) is 11.7 Å². The van der Waals surface area contributed by atoms with E-state index in [9.17, 15) is 5.11 Å². The summed E-state index contributed by atoms with van der Waals surface area (Å²) in [7, 11) is 0. The molecular formula is C16H15O. The van der Waals surface area contributed by atoms with Gasteiger partial charge in [0, 0.05) is 11.5 Å². The molecule has 0 aliphatic heterocycles. The van der Waals surface area contributed by atoms with E-state index in [1.165, 1.54) is 16.7 Å². The molecule has 0 saturated carbocycles. The number of aryl methyl sites for hydroxylation is 2. The van der Waals surface area contributed by atoms with Crippen molar-refractivity contribution in [3.8, 4) is 5.75 Å². The fourth-order valence-electron chi connectivity index (χ4n) is 2.74. The highest BCUT2D eigenvalue weighted by Crippen LogP contribution is 2.41. The summed E-state index contributed by atoms with van der Waals surface area (Å²) in [4.78, 5) is 0. The highest BCUT2D eigenvalue weighted by Gasteiger charge is 2.25. The third kappa shape index (κ3) is 1.72. The lowest BCUT2D eigenvalue weighted by Crippen LogP contribution is -1.97. The van der Waals surface area contributed by atoms with Crippen LogP contribution in [0.3, 0.4) is 0 Å².